The van der Waals surface area contributed by atoms with Crippen LogP contribution in [-0.2, 0) is 21.3 Å². The van der Waals surface area contributed by atoms with Gasteiger partial charge < -0.3 is 14.4 Å². The summed E-state index contributed by atoms with van der Waals surface area (Å²) in [5.41, 5.74) is 3.98. The summed E-state index contributed by atoms with van der Waals surface area (Å²) in [6, 6.07) is 14.0. The first-order chi connectivity index (χ1) is 19.9. The van der Waals surface area contributed by atoms with Crippen LogP contribution in [0.15, 0.2) is 59.8 Å². The van der Waals surface area contributed by atoms with Crippen LogP contribution in [0.25, 0.3) is 11.3 Å². The van der Waals surface area contributed by atoms with Crippen molar-refractivity contribution in [3.63, 3.8) is 0 Å². The van der Waals surface area contributed by atoms with Gasteiger partial charge in [-0.3, -0.25) is 19.5 Å². The molecule has 0 aliphatic carbocycles. The van der Waals surface area contributed by atoms with Crippen LogP contribution in [0.5, 0.6) is 5.88 Å². The fraction of sp³-hybridized carbons (Fsp3) is 0.467. The smallest absolute Gasteiger partial charge is 0.267 e. The quantitative estimate of drug-likeness (QED) is 0.385. The number of rotatable bonds is 10. The normalized spacial score (nSPS) is 17.8. The third-order valence-electron chi connectivity index (χ3n) is 7.95. The molecule has 2 saturated heterocycles. The van der Waals surface area contributed by atoms with Crippen molar-refractivity contribution in [2.45, 2.75) is 37.8 Å². The predicted molar refractivity (Wildman–Crippen MR) is 161 cm³/mol. The molecule has 11 heteroatoms. The van der Waals surface area contributed by atoms with Crippen molar-refractivity contribution in [2.75, 3.05) is 69.2 Å². The number of anilines is 2. The fourth-order valence-electron chi connectivity index (χ4n) is 5.28. The first-order valence-corrected chi connectivity index (χ1v) is 15.8. The minimum Gasteiger partial charge on any atom is -0.480 e. The molecule has 41 heavy (non-hydrogen) atoms. The van der Waals surface area contributed by atoms with Gasteiger partial charge in [-0.05, 0) is 37.1 Å². The highest BCUT2D eigenvalue weighted by Gasteiger charge is 2.24. The van der Waals surface area contributed by atoms with Crippen molar-refractivity contribution < 1.29 is 17.9 Å². The zero-order chi connectivity index (χ0) is 28.8. The van der Waals surface area contributed by atoms with E-state index in [2.05, 4.69) is 55.4 Å². The highest BCUT2D eigenvalue weighted by Crippen LogP contribution is 2.29. The number of hydrogen-bond acceptors (Lipinski definition) is 9. The number of sulfonamides is 1. The molecule has 2 aromatic heterocycles. The Morgan fingerprint density at radius 2 is 1.73 bits per heavy atom. The van der Waals surface area contributed by atoms with Gasteiger partial charge in [-0.2, -0.15) is 0 Å². The number of ether oxygens (including phenoxy) is 2. The molecule has 10 nitrogen and oxygen atoms in total. The van der Waals surface area contributed by atoms with Crippen molar-refractivity contribution in [3.8, 4) is 17.1 Å². The largest absolute Gasteiger partial charge is 0.480 e. The van der Waals surface area contributed by atoms with Crippen molar-refractivity contribution in [2.24, 2.45) is 0 Å². The average Bonchev–Trinajstić information content (AvgIpc) is 3.01. The summed E-state index contributed by atoms with van der Waals surface area (Å²) in [6.45, 7) is 12.4. The number of nitrogens with zero attached hydrogens (tertiary/aromatic N) is 5. The van der Waals surface area contributed by atoms with Crippen molar-refractivity contribution in [3.05, 3.63) is 60.4 Å². The molecular weight excluding hydrogens is 540 g/mol. The van der Waals surface area contributed by atoms with E-state index in [1.54, 1.807) is 30.6 Å². The van der Waals surface area contributed by atoms with Gasteiger partial charge in [0.05, 0.1) is 43.6 Å². The molecule has 1 aromatic carbocycles. The van der Waals surface area contributed by atoms with Crippen LogP contribution in [0.4, 0.5) is 11.4 Å². The molecule has 1 N–H and O–H groups in total. The summed E-state index contributed by atoms with van der Waals surface area (Å²) >= 11 is 0. The molecule has 0 spiro atoms. The van der Waals surface area contributed by atoms with E-state index in [-0.39, 0.29) is 10.8 Å². The van der Waals surface area contributed by atoms with Gasteiger partial charge >= 0.3 is 0 Å². The van der Waals surface area contributed by atoms with Crippen LogP contribution in [0.2, 0.25) is 0 Å². The third-order valence-corrected chi connectivity index (χ3v) is 9.33. The number of morpholine rings is 1. The molecule has 0 bridgehead atoms. The van der Waals surface area contributed by atoms with Gasteiger partial charge in [-0.1, -0.05) is 31.2 Å². The number of piperazine rings is 1. The van der Waals surface area contributed by atoms with Crippen LogP contribution in [0.3, 0.4) is 0 Å². The van der Waals surface area contributed by atoms with E-state index in [0.29, 0.717) is 49.4 Å². The first-order valence-electron chi connectivity index (χ1n) is 14.3. The molecule has 0 saturated carbocycles. The summed E-state index contributed by atoms with van der Waals surface area (Å²) < 4.78 is 40.3. The van der Waals surface area contributed by atoms with E-state index in [0.717, 1.165) is 38.3 Å². The van der Waals surface area contributed by atoms with E-state index >= 15 is 0 Å². The van der Waals surface area contributed by atoms with Crippen LogP contribution in [-0.4, -0.2) is 93.8 Å². The van der Waals surface area contributed by atoms with Gasteiger partial charge in [0.25, 0.3) is 10.0 Å². The first kappa shape index (κ1) is 29.2. The van der Waals surface area contributed by atoms with Gasteiger partial charge in [0.2, 0.25) is 5.88 Å². The zero-order valence-corrected chi connectivity index (χ0v) is 24.9. The second kappa shape index (κ2) is 13.2. The molecule has 0 amide bonds. The van der Waals surface area contributed by atoms with E-state index in [9.17, 15) is 8.42 Å². The van der Waals surface area contributed by atoms with Gasteiger partial charge in [-0.15, -0.1) is 0 Å². The molecular formula is C30H40N6O4S. The molecule has 1 atom stereocenters. The van der Waals surface area contributed by atoms with Crippen LogP contribution >= 0.6 is 0 Å². The number of methoxy groups -OCH3 is 1. The van der Waals surface area contributed by atoms with E-state index in [4.69, 9.17) is 9.47 Å². The zero-order valence-electron chi connectivity index (χ0n) is 24.1. The Morgan fingerprint density at radius 1 is 1.00 bits per heavy atom. The SMILES string of the molecule is CCC(C)N1CCN(Cc2ccc(-c3cc(NS(=O)(=O)c4cc(N5CCOCC5)cnc4OC)ccn3)cc2)CC1. The van der Waals surface area contributed by atoms with Gasteiger partial charge in [-0.25, -0.2) is 13.4 Å². The summed E-state index contributed by atoms with van der Waals surface area (Å²) in [5.74, 6) is 0.0423. The standard InChI is InChI=1S/C30H40N6O4S/c1-4-23(2)35-13-11-34(12-14-35)22-24-5-7-25(8-6-24)28-19-26(9-10-31-28)33-41(37,38)29-20-27(21-32-30(29)39-3)36-15-17-40-18-16-36/h5-10,19-21,23H,4,11-18,22H2,1-3H3,(H,31,33). The van der Waals surface area contributed by atoms with E-state index in [1.165, 1.54) is 19.1 Å². The summed E-state index contributed by atoms with van der Waals surface area (Å²) in [4.78, 5) is 15.9. The molecule has 4 heterocycles. The summed E-state index contributed by atoms with van der Waals surface area (Å²) in [6.07, 6.45) is 4.42. The lowest BCUT2D eigenvalue weighted by Gasteiger charge is -2.37. The van der Waals surface area contributed by atoms with Gasteiger partial charge in [0.15, 0.2) is 4.90 Å². The van der Waals surface area contributed by atoms with E-state index in [1.807, 2.05) is 12.1 Å². The Balaban J connectivity index is 1.27. The maximum absolute atomic E-state index is 13.5. The fourth-order valence-corrected chi connectivity index (χ4v) is 6.47. The Labute approximate surface area is 243 Å². The van der Waals surface area contributed by atoms with E-state index < -0.39 is 10.0 Å². The van der Waals surface area contributed by atoms with Gasteiger partial charge in [0.1, 0.15) is 0 Å². The summed E-state index contributed by atoms with van der Waals surface area (Å²) in [5, 5.41) is 0. The molecule has 1 unspecified atom stereocenters. The minimum atomic E-state index is -3.98. The maximum Gasteiger partial charge on any atom is 0.267 e. The highest BCUT2D eigenvalue weighted by molar-refractivity contribution is 7.92. The van der Waals surface area contributed by atoms with Crippen LogP contribution in [0.1, 0.15) is 25.8 Å². The molecule has 0 radical (unpaired) electrons. The van der Waals surface area contributed by atoms with Crippen molar-refractivity contribution in [1.29, 1.82) is 0 Å². The topological polar surface area (TPSA) is 100 Å². The second-order valence-electron chi connectivity index (χ2n) is 10.6. The lowest BCUT2D eigenvalue weighted by atomic mass is 10.1. The minimum absolute atomic E-state index is 0.0170. The number of benzene rings is 1. The molecule has 2 aliphatic heterocycles. The number of hydrogen-bond donors (Lipinski definition) is 1. The third kappa shape index (κ3) is 7.16. The Hall–Kier alpha value is -3.25. The summed E-state index contributed by atoms with van der Waals surface area (Å²) in [7, 11) is -2.57. The number of nitrogens with one attached hydrogen (secondary N) is 1. The maximum atomic E-state index is 13.5. The molecule has 3 aromatic rings. The molecule has 5 rings (SSSR count). The monoisotopic (exact) mass is 580 g/mol. The Morgan fingerprint density at radius 3 is 2.41 bits per heavy atom. The Bertz CT molecular complexity index is 1400. The van der Waals surface area contributed by atoms with Crippen LogP contribution < -0.4 is 14.4 Å². The van der Waals surface area contributed by atoms with Crippen LogP contribution in [0, 0.1) is 0 Å². The lowest BCUT2D eigenvalue weighted by molar-refractivity contribution is 0.0964. The molecule has 2 fully saturated rings. The molecule has 220 valence electrons. The van der Waals surface area contributed by atoms with Crippen molar-refractivity contribution >= 4 is 21.4 Å². The average molecular weight is 581 g/mol. The second-order valence-corrected chi connectivity index (χ2v) is 12.3. The molecule has 2 aliphatic rings. The lowest BCUT2D eigenvalue weighted by Crippen LogP contribution is -2.48. The number of aromatic nitrogens is 2. The van der Waals surface area contributed by atoms with Crippen molar-refractivity contribution in [1.82, 2.24) is 19.8 Å². The highest BCUT2D eigenvalue weighted by atomic mass is 32.2. The Kier molecular flexibility index (Phi) is 9.39. The predicted octanol–water partition coefficient (Wildman–Crippen LogP) is 3.71. The number of pyridine rings is 2. The van der Waals surface area contributed by atoms with Gasteiger partial charge in [0, 0.05) is 63.6 Å².